The van der Waals surface area contributed by atoms with E-state index in [-0.39, 0.29) is 0 Å². The van der Waals surface area contributed by atoms with Crippen molar-refractivity contribution in [2.75, 3.05) is 0 Å². The number of hydrogen-bond donors (Lipinski definition) is 1. The van der Waals surface area contributed by atoms with Crippen molar-refractivity contribution in [1.82, 2.24) is 0 Å². The zero-order valence-corrected chi connectivity index (χ0v) is 12.3. The summed E-state index contributed by atoms with van der Waals surface area (Å²) in [5, 5.41) is 10.2. The highest BCUT2D eigenvalue weighted by Crippen LogP contribution is 2.28. The molecule has 0 amide bonds. The van der Waals surface area contributed by atoms with Crippen molar-refractivity contribution in [3.63, 3.8) is 0 Å². The number of benzene rings is 1. The summed E-state index contributed by atoms with van der Waals surface area (Å²) >= 11 is 1.65. The lowest BCUT2D eigenvalue weighted by Crippen LogP contribution is -2.28. The van der Waals surface area contributed by atoms with Crippen molar-refractivity contribution in [1.29, 1.82) is 0 Å². The van der Waals surface area contributed by atoms with Crippen LogP contribution in [0, 0.1) is 5.92 Å². The quantitative estimate of drug-likeness (QED) is 0.876. The predicted octanol–water partition coefficient (Wildman–Crippen LogP) is 3.63. The normalized spacial score (nSPS) is 16.4. The molecule has 1 aliphatic carbocycles. The number of fused-ring (bicyclic) bond motifs is 1. The second-order valence-corrected chi connectivity index (χ2v) is 6.45. The monoisotopic (exact) mass is 288 g/mol. The molecule has 104 valence electrons. The maximum absolute atomic E-state index is 11.0. The van der Waals surface area contributed by atoms with Gasteiger partial charge in [-0.05, 0) is 30.9 Å². The van der Waals surface area contributed by atoms with Gasteiger partial charge in [-0.15, -0.1) is 0 Å². The van der Waals surface area contributed by atoms with Crippen LogP contribution in [0.5, 0.6) is 0 Å². The van der Waals surface area contributed by atoms with E-state index in [4.69, 9.17) is 5.11 Å². The van der Waals surface area contributed by atoms with Crippen LogP contribution in [0.15, 0.2) is 24.3 Å². The molecule has 0 bridgehead atoms. The Morgan fingerprint density at radius 2 is 2.15 bits per heavy atom. The van der Waals surface area contributed by atoms with Gasteiger partial charge >= 0.3 is 5.97 Å². The standard InChI is InChI=1S/C16H17NO2S/c1-17-13-8-7-12(16(18)19)10-14(13)20-15(17)9-6-11-4-2-3-5-11/h6-11H,2-5H2,1H3/p+1/b9-6+. The third kappa shape index (κ3) is 2.48. The maximum atomic E-state index is 11.0. The number of allylic oxidation sites excluding steroid dienone is 1. The molecule has 20 heavy (non-hydrogen) atoms. The Bertz CT molecular complexity index is 681. The van der Waals surface area contributed by atoms with Crippen molar-refractivity contribution >= 4 is 33.6 Å². The van der Waals surface area contributed by atoms with Gasteiger partial charge in [-0.3, -0.25) is 0 Å². The molecule has 0 radical (unpaired) electrons. The van der Waals surface area contributed by atoms with Gasteiger partial charge in [0.05, 0.1) is 5.56 Å². The Labute approximate surface area is 122 Å². The minimum absolute atomic E-state index is 0.352. The third-order valence-corrected chi connectivity index (χ3v) is 5.19. The topological polar surface area (TPSA) is 41.2 Å². The number of carboxylic acids is 1. The van der Waals surface area contributed by atoms with Gasteiger partial charge < -0.3 is 5.11 Å². The van der Waals surface area contributed by atoms with Gasteiger partial charge in [0.25, 0.3) is 5.01 Å². The van der Waals surface area contributed by atoms with Gasteiger partial charge in [0.15, 0.2) is 0 Å². The van der Waals surface area contributed by atoms with Crippen molar-refractivity contribution in [2.24, 2.45) is 13.0 Å². The van der Waals surface area contributed by atoms with Crippen molar-refractivity contribution in [3.05, 3.63) is 34.8 Å². The zero-order chi connectivity index (χ0) is 14.1. The highest BCUT2D eigenvalue weighted by Gasteiger charge is 2.17. The van der Waals surface area contributed by atoms with E-state index in [1.165, 1.54) is 30.7 Å². The lowest BCUT2D eigenvalue weighted by Gasteiger charge is -1.97. The van der Waals surface area contributed by atoms with Gasteiger partial charge in [-0.25, -0.2) is 4.79 Å². The van der Waals surface area contributed by atoms with E-state index >= 15 is 0 Å². The third-order valence-electron chi connectivity index (χ3n) is 4.02. The number of aromatic carboxylic acids is 1. The number of nitrogens with zero attached hydrogens (tertiary/aromatic N) is 1. The Morgan fingerprint density at radius 3 is 2.85 bits per heavy atom. The van der Waals surface area contributed by atoms with E-state index in [1.807, 2.05) is 13.1 Å². The van der Waals surface area contributed by atoms with Gasteiger partial charge in [-0.2, -0.15) is 4.57 Å². The lowest BCUT2D eigenvalue weighted by atomic mass is 10.1. The summed E-state index contributed by atoms with van der Waals surface area (Å²) < 4.78 is 3.16. The summed E-state index contributed by atoms with van der Waals surface area (Å²) in [5.41, 5.74) is 1.44. The second-order valence-electron chi connectivity index (χ2n) is 5.39. The largest absolute Gasteiger partial charge is 0.478 e. The first kappa shape index (κ1) is 13.3. The molecule has 0 aliphatic heterocycles. The molecule has 0 atom stereocenters. The molecule has 1 fully saturated rings. The minimum Gasteiger partial charge on any atom is -0.478 e. The van der Waals surface area contributed by atoms with E-state index in [1.54, 1.807) is 23.5 Å². The van der Waals surface area contributed by atoms with Crippen LogP contribution in [-0.4, -0.2) is 11.1 Å². The molecule has 1 heterocycles. The molecule has 1 aliphatic rings. The van der Waals surface area contributed by atoms with E-state index in [2.05, 4.69) is 16.7 Å². The molecule has 4 heteroatoms. The maximum Gasteiger partial charge on any atom is 0.335 e. The van der Waals surface area contributed by atoms with Crippen LogP contribution in [0.1, 0.15) is 41.0 Å². The van der Waals surface area contributed by atoms with Crippen LogP contribution in [0.2, 0.25) is 0 Å². The smallest absolute Gasteiger partial charge is 0.335 e. The van der Waals surface area contributed by atoms with Crippen LogP contribution < -0.4 is 4.57 Å². The SMILES string of the molecule is C[n+]1c(/C=C/C2CCCC2)sc2cc(C(=O)O)ccc21. The van der Waals surface area contributed by atoms with Crippen molar-refractivity contribution in [3.8, 4) is 0 Å². The number of hydrogen-bond acceptors (Lipinski definition) is 2. The number of thiazole rings is 1. The first-order valence-corrected chi connectivity index (χ1v) is 7.81. The van der Waals surface area contributed by atoms with Crippen LogP contribution in [0.25, 0.3) is 16.3 Å². The van der Waals surface area contributed by atoms with E-state index in [9.17, 15) is 4.79 Å². The van der Waals surface area contributed by atoms with E-state index in [0.717, 1.165) is 16.1 Å². The molecule has 1 aromatic heterocycles. The average molecular weight is 288 g/mol. The Balaban J connectivity index is 1.95. The first-order valence-electron chi connectivity index (χ1n) is 6.99. The Hall–Kier alpha value is -1.68. The van der Waals surface area contributed by atoms with Gasteiger partial charge in [0.1, 0.15) is 11.7 Å². The predicted molar refractivity (Wildman–Crippen MR) is 81.0 cm³/mol. The molecule has 3 rings (SSSR count). The average Bonchev–Trinajstić information content (AvgIpc) is 3.04. The summed E-state index contributed by atoms with van der Waals surface area (Å²) in [4.78, 5) is 11.0. The van der Waals surface area contributed by atoms with E-state index < -0.39 is 5.97 Å². The molecule has 1 saturated carbocycles. The summed E-state index contributed by atoms with van der Waals surface area (Å²) in [6.45, 7) is 0. The molecular formula is C16H18NO2S+. The number of carboxylic acid groups (broad SMARTS) is 1. The minimum atomic E-state index is -0.869. The molecule has 0 saturated heterocycles. The summed E-state index contributed by atoms with van der Waals surface area (Å²) in [7, 11) is 2.04. The van der Waals surface area contributed by atoms with Crippen LogP contribution in [0.4, 0.5) is 0 Å². The lowest BCUT2D eigenvalue weighted by molar-refractivity contribution is -0.642. The zero-order valence-electron chi connectivity index (χ0n) is 11.5. The van der Waals surface area contributed by atoms with Crippen LogP contribution in [0.3, 0.4) is 0 Å². The highest BCUT2D eigenvalue weighted by atomic mass is 32.1. The first-order chi connectivity index (χ1) is 9.65. The van der Waals surface area contributed by atoms with Gasteiger partial charge in [0, 0.05) is 12.1 Å². The molecule has 3 nitrogen and oxygen atoms in total. The fourth-order valence-corrected chi connectivity index (χ4v) is 3.92. The Kier molecular flexibility index (Phi) is 3.57. The molecule has 0 spiro atoms. The summed E-state index contributed by atoms with van der Waals surface area (Å²) in [5.74, 6) is -0.152. The van der Waals surface area contributed by atoms with Gasteiger partial charge in [0.2, 0.25) is 5.52 Å². The molecule has 1 N–H and O–H groups in total. The fraction of sp³-hybridized carbons (Fsp3) is 0.375. The fourth-order valence-electron chi connectivity index (χ4n) is 2.82. The van der Waals surface area contributed by atoms with Crippen molar-refractivity contribution in [2.45, 2.75) is 25.7 Å². The number of rotatable bonds is 3. The summed E-state index contributed by atoms with van der Waals surface area (Å²) in [6, 6.07) is 5.32. The molecule has 2 aromatic rings. The molecule has 0 unspecified atom stereocenters. The molecule has 1 aromatic carbocycles. The Morgan fingerprint density at radius 1 is 1.40 bits per heavy atom. The van der Waals surface area contributed by atoms with Gasteiger partial charge in [-0.1, -0.05) is 30.3 Å². The second kappa shape index (κ2) is 5.37. The van der Waals surface area contributed by atoms with Crippen molar-refractivity contribution < 1.29 is 14.5 Å². The van der Waals surface area contributed by atoms with E-state index in [0.29, 0.717) is 5.56 Å². The van der Waals surface area contributed by atoms with Crippen LogP contribution >= 0.6 is 11.3 Å². The number of aryl methyl sites for hydroxylation is 1. The summed E-state index contributed by atoms with van der Waals surface area (Å²) in [6.07, 6.45) is 9.80. The van der Waals surface area contributed by atoms with Crippen LogP contribution in [-0.2, 0) is 7.05 Å². The number of aromatic nitrogens is 1. The number of carbonyl (C=O) groups is 1. The highest BCUT2D eigenvalue weighted by molar-refractivity contribution is 7.18. The molecular weight excluding hydrogens is 270 g/mol.